The Morgan fingerprint density at radius 3 is 2.63 bits per heavy atom. The zero-order valence-electron chi connectivity index (χ0n) is 11.9. The quantitative estimate of drug-likeness (QED) is 0.846. The predicted octanol–water partition coefficient (Wildman–Crippen LogP) is 2.53. The van der Waals surface area contributed by atoms with Crippen LogP contribution in [0.5, 0.6) is 0 Å². The van der Waals surface area contributed by atoms with Crippen LogP contribution in [0.25, 0.3) is 0 Å². The van der Waals surface area contributed by atoms with Gasteiger partial charge < -0.3 is 10.0 Å². The van der Waals surface area contributed by atoms with E-state index in [1.165, 1.54) is 4.90 Å². The van der Waals surface area contributed by atoms with Crippen molar-refractivity contribution in [3.05, 3.63) is 28.5 Å². The van der Waals surface area contributed by atoms with E-state index < -0.39 is 5.54 Å². The predicted molar refractivity (Wildman–Crippen MR) is 76.5 cm³/mol. The first-order chi connectivity index (χ1) is 8.81. The third-order valence-corrected chi connectivity index (χ3v) is 3.39. The minimum absolute atomic E-state index is 0.101. The number of carbonyl (C=O) groups is 1. The number of nitrogens with zero attached hydrogens (tertiary/aromatic N) is 2. The molecule has 0 spiro atoms. The molecule has 0 bridgehead atoms. The van der Waals surface area contributed by atoms with Gasteiger partial charge in [-0.05, 0) is 32.4 Å². The van der Waals surface area contributed by atoms with Gasteiger partial charge in [-0.15, -0.1) is 0 Å². The number of carbonyl (C=O) groups excluding carboxylic acids is 1. The summed E-state index contributed by atoms with van der Waals surface area (Å²) in [6, 6.07) is 3.33. The van der Waals surface area contributed by atoms with E-state index in [0.717, 1.165) is 18.5 Å². The summed E-state index contributed by atoms with van der Waals surface area (Å²) < 4.78 is 0. The molecule has 0 saturated carbocycles. The summed E-state index contributed by atoms with van der Waals surface area (Å²) in [5.74, 6) is -0.166. The summed E-state index contributed by atoms with van der Waals surface area (Å²) >= 11 is 5.95. The molecule has 1 amide bonds. The van der Waals surface area contributed by atoms with Crippen molar-refractivity contribution in [2.45, 2.75) is 39.2 Å². The number of hydrogen-bond donors (Lipinski definition) is 1. The van der Waals surface area contributed by atoms with Crippen molar-refractivity contribution in [2.24, 2.45) is 0 Å². The second kappa shape index (κ2) is 6.35. The minimum Gasteiger partial charge on any atom is -0.394 e. The SMILES string of the molecule is CCCc1cc(C(=O)N(C)C(C)(C)CO)cc(Cl)n1. The van der Waals surface area contributed by atoms with E-state index in [0.29, 0.717) is 10.7 Å². The second-order valence-corrected chi connectivity index (χ2v) is 5.64. The van der Waals surface area contributed by atoms with E-state index in [1.807, 2.05) is 6.92 Å². The van der Waals surface area contributed by atoms with Crippen LogP contribution in [0.4, 0.5) is 0 Å². The highest BCUT2D eigenvalue weighted by atomic mass is 35.5. The van der Waals surface area contributed by atoms with Gasteiger partial charge in [0.15, 0.2) is 0 Å². The molecule has 0 atom stereocenters. The number of halogens is 1. The molecular weight excluding hydrogens is 264 g/mol. The minimum atomic E-state index is -0.613. The number of likely N-dealkylation sites (N-methyl/N-ethyl adjacent to an activating group) is 1. The van der Waals surface area contributed by atoms with E-state index >= 15 is 0 Å². The fourth-order valence-corrected chi connectivity index (χ4v) is 1.86. The topological polar surface area (TPSA) is 53.4 Å². The Labute approximate surface area is 119 Å². The Balaban J connectivity index is 3.05. The highest BCUT2D eigenvalue weighted by molar-refractivity contribution is 6.29. The number of amides is 1. The Hall–Kier alpha value is -1.13. The maximum Gasteiger partial charge on any atom is 0.254 e. The third kappa shape index (κ3) is 3.91. The van der Waals surface area contributed by atoms with Gasteiger partial charge >= 0.3 is 0 Å². The molecule has 0 aliphatic carbocycles. The number of aryl methyl sites for hydroxylation is 1. The molecule has 0 aliphatic rings. The van der Waals surface area contributed by atoms with Gasteiger partial charge in [0.2, 0.25) is 0 Å². The van der Waals surface area contributed by atoms with E-state index in [-0.39, 0.29) is 12.5 Å². The molecule has 0 unspecified atom stereocenters. The van der Waals surface area contributed by atoms with Crippen LogP contribution in [-0.4, -0.2) is 40.1 Å². The van der Waals surface area contributed by atoms with Crippen LogP contribution in [-0.2, 0) is 6.42 Å². The number of aliphatic hydroxyl groups is 1. The van der Waals surface area contributed by atoms with Gasteiger partial charge in [0.25, 0.3) is 5.91 Å². The maximum absolute atomic E-state index is 12.4. The second-order valence-electron chi connectivity index (χ2n) is 5.25. The Morgan fingerprint density at radius 2 is 2.11 bits per heavy atom. The zero-order chi connectivity index (χ0) is 14.6. The Bertz CT molecular complexity index is 461. The first-order valence-corrected chi connectivity index (χ1v) is 6.75. The lowest BCUT2D eigenvalue weighted by molar-refractivity contribution is 0.0473. The molecular formula is C14H21ClN2O2. The molecule has 5 heteroatoms. The zero-order valence-corrected chi connectivity index (χ0v) is 12.7. The largest absolute Gasteiger partial charge is 0.394 e. The molecule has 0 aliphatic heterocycles. The number of pyridine rings is 1. The standard InChI is InChI=1S/C14H21ClN2O2/c1-5-6-11-7-10(8-12(15)16-11)13(19)17(4)14(2,3)9-18/h7-8,18H,5-6,9H2,1-4H3. The number of hydrogen-bond acceptors (Lipinski definition) is 3. The lowest BCUT2D eigenvalue weighted by Gasteiger charge is -2.34. The average Bonchev–Trinajstić information content (AvgIpc) is 2.36. The summed E-state index contributed by atoms with van der Waals surface area (Å²) in [6.45, 7) is 5.56. The lowest BCUT2D eigenvalue weighted by atomic mass is 10.0. The van der Waals surface area contributed by atoms with Crippen molar-refractivity contribution in [3.63, 3.8) is 0 Å². The van der Waals surface area contributed by atoms with Gasteiger partial charge in [-0.2, -0.15) is 0 Å². The van der Waals surface area contributed by atoms with Gasteiger partial charge in [-0.3, -0.25) is 4.79 Å². The van der Waals surface area contributed by atoms with Crippen molar-refractivity contribution in [1.29, 1.82) is 0 Å². The molecule has 1 aromatic rings. The van der Waals surface area contributed by atoms with Crippen LogP contribution in [0.15, 0.2) is 12.1 Å². The molecule has 19 heavy (non-hydrogen) atoms. The molecule has 0 radical (unpaired) electrons. The molecule has 1 rings (SSSR count). The van der Waals surface area contributed by atoms with Gasteiger partial charge in [-0.25, -0.2) is 4.98 Å². The molecule has 0 fully saturated rings. The fourth-order valence-electron chi connectivity index (χ4n) is 1.63. The molecule has 4 nitrogen and oxygen atoms in total. The van der Waals surface area contributed by atoms with Crippen molar-refractivity contribution in [2.75, 3.05) is 13.7 Å². The van der Waals surface area contributed by atoms with Gasteiger partial charge in [0.1, 0.15) is 5.15 Å². The molecule has 0 aromatic carbocycles. The van der Waals surface area contributed by atoms with Crippen molar-refractivity contribution < 1.29 is 9.90 Å². The van der Waals surface area contributed by atoms with Gasteiger partial charge in [0.05, 0.1) is 12.1 Å². The highest BCUT2D eigenvalue weighted by Gasteiger charge is 2.27. The van der Waals surface area contributed by atoms with Crippen molar-refractivity contribution in [1.82, 2.24) is 9.88 Å². The summed E-state index contributed by atoms with van der Waals surface area (Å²) in [6.07, 6.45) is 1.73. The van der Waals surface area contributed by atoms with Crippen LogP contribution in [0.2, 0.25) is 5.15 Å². The lowest BCUT2D eigenvalue weighted by Crippen LogP contribution is -2.47. The van der Waals surface area contributed by atoms with Gasteiger partial charge in [0, 0.05) is 18.3 Å². The fraction of sp³-hybridized carbons (Fsp3) is 0.571. The summed E-state index contributed by atoms with van der Waals surface area (Å²) in [7, 11) is 1.67. The Morgan fingerprint density at radius 1 is 1.47 bits per heavy atom. The normalized spacial score (nSPS) is 11.5. The maximum atomic E-state index is 12.4. The molecule has 1 N–H and O–H groups in total. The van der Waals surface area contributed by atoms with Crippen LogP contribution in [0.3, 0.4) is 0 Å². The van der Waals surface area contributed by atoms with Crippen LogP contribution in [0.1, 0.15) is 43.2 Å². The smallest absolute Gasteiger partial charge is 0.254 e. The molecule has 1 aromatic heterocycles. The van der Waals surface area contributed by atoms with Gasteiger partial charge in [-0.1, -0.05) is 24.9 Å². The van der Waals surface area contributed by atoms with Crippen LogP contribution in [0, 0.1) is 0 Å². The molecule has 106 valence electrons. The van der Waals surface area contributed by atoms with E-state index in [1.54, 1.807) is 33.0 Å². The monoisotopic (exact) mass is 284 g/mol. The van der Waals surface area contributed by atoms with Crippen LogP contribution >= 0.6 is 11.6 Å². The number of aromatic nitrogens is 1. The van der Waals surface area contributed by atoms with E-state index in [4.69, 9.17) is 11.6 Å². The molecule has 1 heterocycles. The van der Waals surface area contributed by atoms with Crippen molar-refractivity contribution in [3.8, 4) is 0 Å². The van der Waals surface area contributed by atoms with Crippen molar-refractivity contribution >= 4 is 17.5 Å². The van der Waals surface area contributed by atoms with Crippen LogP contribution < -0.4 is 0 Å². The van der Waals surface area contributed by atoms with E-state index in [9.17, 15) is 9.90 Å². The first kappa shape index (κ1) is 15.9. The number of aliphatic hydroxyl groups excluding tert-OH is 1. The Kier molecular flexibility index (Phi) is 5.32. The highest BCUT2D eigenvalue weighted by Crippen LogP contribution is 2.18. The molecule has 0 saturated heterocycles. The number of rotatable bonds is 5. The van der Waals surface area contributed by atoms with E-state index in [2.05, 4.69) is 4.98 Å². The summed E-state index contributed by atoms with van der Waals surface area (Å²) in [5.41, 5.74) is 0.707. The summed E-state index contributed by atoms with van der Waals surface area (Å²) in [5, 5.41) is 9.64. The average molecular weight is 285 g/mol. The first-order valence-electron chi connectivity index (χ1n) is 6.37. The summed E-state index contributed by atoms with van der Waals surface area (Å²) in [4.78, 5) is 18.1. The third-order valence-electron chi connectivity index (χ3n) is 3.20.